The van der Waals surface area contributed by atoms with Gasteiger partial charge in [-0.15, -0.1) is 0 Å². The number of carbonyl (C=O) groups is 1. The minimum atomic E-state index is -0.247. The van der Waals surface area contributed by atoms with Crippen LogP contribution in [0, 0.1) is 0 Å². The predicted octanol–water partition coefficient (Wildman–Crippen LogP) is 4.73. The number of H-pyrrole nitrogens is 1. The molecule has 6 heteroatoms. The zero-order valence-corrected chi connectivity index (χ0v) is 13.2. The Hall–Kier alpha value is -3.05. The van der Waals surface area contributed by atoms with Gasteiger partial charge in [0, 0.05) is 21.5 Å². The van der Waals surface area contributed by atoms with Crippen LogP contribution in [-0.4, -0.2) is 16.1 Å². The predicted molar refractivity (Wildman–Crippen MR) is 93.2 cm³/mol. The first kappa shape index (κ1) is 14.5. The summed E-state index contributed by atoms with van der Waals surface area (Å²) in [6, 6.07) is 16.2. The Balaban J connectivity index is 1.67. The number of anilines is 1. The maximum Gasteiger partial charge on any atom is 0.256 e. The van der Waals surface area contributed by atoms with Crippen molar-refractivity contribution in [2.24, 2.45) is 0 Å². The molecule has 2 N–H and O–H groups in total. The van der Waals surface area contributed by atoms with Crippen molar-refractivity contribution in [2.45, 2.75) is 0 Å². The zero-order valence-electron chi connectivity index (χ0n) is 12.4. The fraction of sp³-hybridized carbons (Fsp3) is 0. The molecule has 2 aromatic heterocycles. The smallest absolute Gasteiger partial charge is 0.256 e. The first-order valence-corrected chi connectivity index (χ1v) is 7.67. The number of nitrogens with one attached hydrogen (secondary N) is 2. The number of halogens is 1. The molecule has 0 radical (unpaired) electrons. The number of benzene rings is 2. The number of hydrogen-bond donors (Lipinski definition) is 2. The van der Waals surface area contributed by atoms with Crippen LogP contribution < -0.4 is 5.32 Å². The molecule has 1 amide bonds. The third-order valence-corrected chi connectivity index (χ3v) is 3.96. The van der Waals surface area contributed by atoms with Crippen LogP contribution in [0.4, 0.5) is 5.82 Å². The van der Waals surface area contributed by atoms with Gasteiger partial charge >= 0.3 is 0 Å². The molecule has 5 nitrogen and oxygen atoms in total. The minimum absolute atomic E-state index is 0.247. The summed E-state index contributed by atoms with van der Waals surface area (Å²) < 4.78 is 5.42. The Kier molecular flexibility index (Phi) is 3.55. The Morgan fingerprint density at radius 1 is 1.12 bits per heavy atom. The van der Waals surface area contributed by atoms with Crippen molar-refractivity contribution in [1.82, 2.24) is 10.2 Å². The number of hydrogen-bond acceptors (Lipinski definition) is 3. The molecule has 0 aliphatic heterocycles. The lowest BCUT2D eigenvalue weighted by atomic mass is 10.1. The molecule has 2 heterocycles. The molecule has 4 rings (SSSR count). The highest BCUT2D eigenvalue weighted by molar-refractivity contribution is 6.30. The quantitative estimate of drug-likeness (QED) is 0.567. The van der Waals surface area contributed by atoms with Crippen LogP contribution in [0.25, 0.3) is 22.2 Å². The molecule has 0 aliphatic rings. The van der Waals surface area contributed by atoms with E-state index >= 15 is 0 Å². The van der Waals surface area contributed by atoms with Gasteiger partial charge in [-0.25, -0.2) is 0 Å². The third kappa shape index (κ3) is 2.66. The molecule has 0 atom stereocenters. The van der Waals surface area contributed by atoms with Crippen molar-refractivity contribution in [3.8, 4) is 11.3 Å². The van der Waals surface area contributed by atoms with Crippen LogP contribution in [0.3, 0.4) is 0 Å². The number of rotatable bonds is 3. The summed E-state index contributed by atoms with van der Waals surface area (Å²) >= 11 is 5.85. The Labute approximate surface area is 142 Å². The minimum Gasteiger partial charge on any atom is -0.464 e. The van der Waals surface area contributed by atoms with E-state index in [0.29, 0.717) is 16.4 Å². The first-order chi connectivity index (χ1) is 11.7. The molecule has 0 saturated carbocycles. The van der Waals surface area contributed by atoms with Crippen LogP contribution >= 0.6 is 11.6 Å². The highest BCUT2D eigenvalue weighted by Gasteiger charge is 2.12. The van der Waals surface area contributed by atoms with Gasteiger partial charge in [0.25, 0.3) is 5.91 Å². The number of amides is 1. The van der Waals surface area contributed by atoms with Gasteiger partial charge in [-0.05, 0) is 54.6 Å². The fourth-order valence-electron chi connectivity index (χ4n) is 2.49. The molecule has 4 aromatic rings. The van der Waals surface area contributed by atoms with Gasteiger partial charge in [0.2, 0.25) is 0 Å². The number of nitrogens with zero attached hydrogens (tertiary/aromatic N) is 1. The van der Waals surface area contributed by atoms with Crippen LogP contribution in [-0.2, 0) is 0 Å². The summed E-state index contributed by atoms with van der Waals surface area (Å²) in [7, 11) is 0. The van der Waals surface area contributed by atoms with Crippen molar-refractivity contribution < 1.29 is 9.21 Å². The molecule has 0 spiro atoms. The highest BCUT2D eigenvalue weighted by atomic mass is 35.5. The summed E-state index contributed by atoms with van der Waals surface area (Å²) in [5.41, 5.74) is 2.25. The number of carbonyl (C=O) groups excluding carboxylic acids is 1. The molecule has 0 saturated heterocycles. The number of aromatic nitrogens is 2. The summed E-state index contributed by atoms with van der Waals surface area (Å²) in [6.07, 6.45) is 1.62. The van der Waals surface area contributed by atoms with Gasteiger partial charge in [0.15, 0.2) is 5.82 Å². The van der Waals surface area contributed by atoms with Crippen LogP contribution in [0.1, 0.15) is 10.4 Å². The molecular weight excluding hydrogens is 326 g/mol. The lowest BCUT2D eigenvalue weighted by Gasteiger charge is -2.03. The lowest BCUT2D eigenvalue weighted by Crippen LogP contribution is -2.12. The van der Waals surface area contributed by atoms with E-state index in [-0.39, 0.29) is 5.91 Å². The molecule has 0 fully saturated rings. The molecule has 0 bridgehead atoms. The van der Waals surface area contributed by atoms with Crippen molar-refractivity contribution in [1.29, 1.82) is 0 Å². The maximum atomic E-state index is 12.4. The van der Waals surface area contributed by atoms with Crippen molar-refractivity contribution >= 4 is 34.2 Å². The van der Waals surface area contributed by atoms with Crippen molar-refractivity contribution in [3.63, 3.8) is 0 Å². The van der Waals surface area contributed by atoms with Crippen LogP contribution in [0.5, 0.6) is 0 Å². The molecule has 2 aromatic carbocycles. The van der Waals surface area contributed by atoms with Gasteiger partial charge in [0.1, 0.15) is 5.76 Å². The fourth-order valence-corrected chi connectivity index (χ4v) is 2.61. The van der Waals surface area contributed by atoms with E-state index in [4.69, 9.17) is 16.0 Å². The number of fused-ring (bicyclic) bond motifs is 1. The molecule has 0 unspecified atom stereocenters. The van der Waals surface area contributed by atoms with Crippen molar-refractivity contribution in [2.75, 3.05) is 5.32 Å². The molecular formula is C18H12ClN3O2. The largest absolute Gasteiger partial charge is 0.464 e. The third-order valence-electron chi connectivity index (χ3n) is 3.71. The summed E-state index contributed by atoms with van der Waals surface area (Å²) in [4.78, 5) is 12.4. The van der Waals surface area contributed by atoms with E-state index in [1.165, 1.54) is 0 Å². The molecule has 118 valence electrons. The number of aromatic amines is 1. The van der Waals surface area contributed by atoms with E-state index in [1.807, 2.05) is 30.3 Å². The molecule has 24 heavy (non-hydrogen) atoms. The standard InChI is InChI=1S/C18H12ClN3O2/c19-13-6-3-11(4-7-13)18(23)20-17-14-10-12(16-2-1-9-24-16)5-8-15(14)21-22-17/h1-10H,(H2,20,21,22,23). The van der Waals surface area contributed by atoms with Gasteiger partial charge in [0.05, 0.1) is 11.8 Å². The average molecular weight is 338 g/mol. The summed E-state index contributed by atoms with van der Waals surface area (Å²) in [5, 5.41) is 11.3. The van der Waals surface area contributed by atoms with Gasteiger partial charge in [-0.2, -0.15) is 5.10 Å². The second kappa shape index (κ2) is 5.86. The van der Waals surface area contributed by atoms with E-state index in [2.05, 4.69) is 15.5 Å². The number of furan rings is 1. The normalized spacial score (nSPS) is 10.9. The molecule has 0 aliphatic carbocycles. The Morgan fingerprint density at radius 3 is 2.71 bits per heavy atom. The van der Waals surface area contributed by atoms with Crippen molar-refractivity contribution in [3.05, 3.63) is 71.4 Å². The van der Waals surface area contributed by atoms with Crippen LogP contribution in [0.2, 0.25) is 5.02 Å². The van der Waals surface area contributed by atoms with Gasteiger partial charge < -0.3 is 9.73 Å². The van der Waals surface area contributed by atoms with E-state index < -0.39 is 0 Å². The second-order valence-electron chi connectivity index (χ2n) is 5.27. The monoisotopic (exact) mass is 337 g/mol. The topological polar surface area (TPSA) is 70.9 Å². The lowest BCUT2D eigenvalue weighted by molar-refractivity contribution is 0.102. The Morgan fingerprint density at radius 2 is 1.96 bits per heavy atom. The summed E-state index contributed by atoms with van der Waals surface area (Å²) in [6.45, 7) is 0. The van der Waals surface area contributed by atoms with Crippen LogP contribution in [0.15, 0.2) is 65.3 Å². The van der Waals surface area contributed by atoms with E-state index in [1.54, 1.807) is 30.5 Å². The first-order valence-electron chi connectivity index (χ1n) is 7.29. The second-order valence-corrected chi connectivity index (χ2v) is 5.71. The zero-order chi connectivity index (χ0) is 16.5. The van der Waals surface area contributed by atoms with E-state index in [9.17, 15) is 4.79 Å². The van der Waals surface area contributed by atoms with Gasteiger partial charge in [-0.3, -0.25) is 9.89 Å². The maximum absolute atomic E-state index is 12.4. The average Bonchev–Trinajstić information content (AvgIpc) is 3.25. The Bertz CT molecular complexity index is 1000. The highest BCUT2D eigenvalue weighted by Crippen LogP contribution is 2.28. The van der Waals surface area contributed by atoms with Gasteiger partial charge in [-0.1, -0.05) is 11.6 Å². The SMILES string of the molecule is O=C(Nc1n[nH]c2ccc(-c3ccco3)cc12)c1ccc(Cl)cc1. The summed E-state index contributed by atoms with van der Waals surface area (Å²) in [5.74, 6) is 0.981. The van der Waals surface area contributed by atoms with E-state index in [0.717, 1.165) is 22.2 Å².